The summed E-state index contributed by atoms with van der Waals surface area (Å²) in [5.41, 5.74) is 1.38. The second-order valence-electron chi connectivity index (χ2n) is 9.82. The van der Waals surface area contributed by atoms with E-state index in [1.165, 1.54) is 19.4 Å². The number of hydrogen-bond acceptors (Lipinski definition) is 5. The number of piperidine rings is 1. The van der Waals surface area contributed by atoms with Crippen LogP contribution in [0.2, 0.25) is 0 Å². The summed E-state index contributed by atoms with van der Waals surface area (Å²) in [5.74, 6) is 2.00. The molecule has 2 fully saturated rings. The Kier molecular flexibility index (Phi) is 5.88. The lowest BCUT2D eigenvalue weighted by molar-refractivity contribution is -0.138. The number of nitrogens with zero attached hydrogens (tertiary/aromatic N) is 4. The van der Waals surface area contributed by atoms with Crippen molar-refractivity contribution in [1.29, 1.82) is 0 Å². The fourth-order valence-corrected chi connectivity index (χ4v) is 5.64. The Labute approximate surface area is 198 Å². The van der Waals surface area contributed by atoms with Gasteiger partial charge in [-0.2, -0.15) is 18.3 Å². The molecule has 3 atom stereocenters. The van der Waals surface area contributed by atoms with Crippen molar-refractivity contribution in [1.82, 2.24) is 15.1 Å². The van der Waals surface area contributed by atoms with Gasteiger partial charge in [0.25, 0.3) is 0 Å². The van der Waals surface area contributed by atoms with Crippen LogP contribution in [0.25, 0.3) is 10.8 Å². The molecule has 0 aliphatic carbocycles. The predicted octanol–water partition coefficient (Wildman–Crippen LogP) is 5.52. The summed E-state index contributed by atoms with van der Waals surface area (Å²) in [6.07, 6.45) is -1.42. The maximum Gasteiger partial charge on any atom is 0.416 e. The Hall–Kier alpha value is -2.87. The van der Waals surface area contributed by atoms with Crippen molar-refractivity contribution in [3.8, 4) is 0 Å². The molecule has 1 aromatic heterocycles. The first-order chi connectivity index (χ1) is 16.2. The highest BCUT2D eigenvalue weighted by Crippen LogP contribution is 2.37. The molecule has 34 heavy (non-hydrogen) atoms. The number of anilines is 2. The number of benzene rings is 2. The van der Waals surface area contributed by atoms with Crippen LogP contribution in [0.4, 0.5) is 24.7 Å². The summed E-state index contributed by atoms with van der Waals surface area (Å²) >= 11 is 0. The number of alkyl halides is 3. The lowest BCUT2D eigenvalue weighted by atomic mass is 9.89. The van der Waals surface area contributed by atoms with Gasteiger partial charge < -0.3 is 15.1 Å². The molecule has 3 aromatic rings. The van der Waals surface area contributed by atoms with Gasteiger partial charge in [0.05, 0.1) is 17.8 Å². The molecule has 1 N–H and O–H groups in total. The van der Waals surface area contributed by atoms with E-state index in [0.29, 0.717) is 17.3 Å². The summed E-state index contributed by atoms with van der Waals surface area (Å²) < 4.78 is 40.2. The van der Waals surface area contributed by atoms with Gasteiger partial charge in [0.15, 0.2) is 5.82 Å². The van der Waals surface area contributed by atoms with Gasteiger partial charge in [-0.05, 0) is 75.0 Å². The quantitative estimate of drug-likeness (QED) is 0.545. The molecule has 0 saturated carbocycles. The van der Waals surface area contributed by atoms with Crippen LogP contribution in [0, 0.1) is 18.8 Å². The number of halogens is 3. The van der Waals surface area contributed by atoms with E-state index in [1.807, 2.05) is 6.92 Å². The van der Waals surface area contributed by atoms with E-state index in [4.69, 9.17) is 0 Å². The fraction of sp³-hybridized carbons (Fsp3) is 0.462. The van der Waals surface area contributed by atoms with Gasteiger partial charge >= 0.3 is 6.18 Å². The molecule has 8 heteroatoms. The Morgan fingerprint density at radius 3 is 2.68 bits per heavy atom. The molecule has 2 aliphatic rings. The smallest absolute Gasteiger partial charge is 0.371 e. The van der Waals surface area contributed by atoms with Crippen LogP contribution >= 0.6 is 0 Å². The van der Waals surface area contributed by atoms with Crippen molar-refractivity contribution < 1.29 is 13.2 Å². The van der Waals surface area contributed by atoms with Crippen LogP contribution in [0.5, 0.6) is 0 Å². The largest absolute Gasteiger partial charge is 0.416 e. The third-order valence-electron chi connectivity index (χ3n) is 7.52. The molecule has 5 rings (SSSR count). The predicted molar refractivity (Wildman–Crippen MR) is 129 cm³/mol. The minimum absolute atomic E-state index is 0.230. The molecular weight excluding hydrogens is 439 g/mol. The zero-order valence-corrected chi connectivity index (χ0v) is 19.7. The Balaban J connectivity index is 1.42. The van der Waals surface area contributed by atoms with Crippen molar-refractivity contribution >= 4 is 22.3 Å². The number of aromatic nitrogens is 2. The second-order valence-corrected chi connectivity index (χ2v) is 9.82. The number of rotatable bonds is 4. The zero-order chi connectivity index (χ0) is 24.0. The van der Waals surface area contributed by atoms with Gasteiger partial charge in [0, 0.05) is 36.1 Å². The topological polar surface area (TPSA) is 44.3 Å². The monoisotopic (exact) mass is 469 g/mol. The van der Waals surface area contributed by atoms with Crippen molar-refractivity contribution in [2.75, 3.05) is 43.4 Å². The number of nitrogens with one attached hydrogen (secondary N) is 1. The number of likely N-dealkylation sites (tertiary alicyclic amines) is 1. The molecule has 180 valence electrons. The molecule has 0 radical (unpaired) electrons. The molecule has 3 heterocycles. The first kappa shape index (κ1) is 22.9. The van der Waals surface area contributed by atoms with Gasteiger partial charge in [-0.15, -0.1) is 5.10 Å². The molecule has 2 saturated heterocycles. The van der Waals surface area contributed by atoms with Gasteiger partial charge in [0.2, 0.25) is 0 Å². The van der Waals surface area contributed by atoms with Crippen molar-refractivity contribution in [3.63, 3.8) is 0 Å². The third-order valence-corrected chi connectivity index (χ3v) is 7.52. The normalized spacial score (nSPS) is 22.1. The van der Waals surface area contributed by atoms with E-state index >= 15 is 0 Å². The van der Waals surface area contributed by atoms with Gasteiger partial charge in [-0.25, -0.2) is 0 Å². The van der Waals surface area contributed by atoms with Crippen LogP contribution in [-0.4, -0.2) is 48.3 Å². The fourth-order valence-electron chi connectivity index (χ4n) is 5.64. The molecule has 0 bridgehead atoms. The minimum Gasteiger partial charge on any atom is -0.371 e. The first-order valence-electron chi connectivity index (χ1n) is 11.8. The van der Waals surface area contributed by atoms with Crippen molar-refractivity contribution in [3.05, 3.63) is 59.3 Å². The SMILES string of the molecule is Cc1c([C@@H](C)Nc2nncc3ccc(N4CC5CCN(C)CC5C4)cc23)cccc1C(F)(F)F. The number of hydrogen-bond donors (Lipinski definition) is 1. The number of fused-ring (bicyclic) bond motifs is 2. The third kappa shape index (κ3) is 4.31. The van der Waals surface area contributed by atoms with Crippen LogP contribution in [0.15, 0.2) is 42.6 Å². The molecule has 2 unspecified atom stereocenters. The average molecular weight is 470 g/mol. The second kappa shape index (κ2) is 8.73. The van der Waals surface area contributed by atoms with Gasteiger partial charge in [-0.1, -0.05) is 18.2 Å². The maximum absolute atomic E-state index is 13.4. The van der Waals surface area contributed by atoms with Crippen LogP contribution in [-0.2, 0) is 6.18 Å². The van der Waals surface area contributed by atoms with Crippen LogP contribution in [0.1, 0.15) is 36.1 Å². The van der Waals surface area contributed by atoms with E-state index in [0.717, 1.165) is 54.6 Å². The lowest BCUT2D eigenvalue weighted by Gasteiger charge is -2.31. The zero-order valence-electron chi connectivity index (χ0n) is 19.7. The summed E-state index contributed by atoms with van der Waals surface area (Å²) in [4.78, 5) is 4.87. The molecule has 0 amide bonds. The highest BCUT2D eigenvalue weighted by molar-refractivity contribution is 5.93. The summed E-state index contributed by atoms with van der Waals surface area (Å²) in [6, 6.07) is 10.3. The van der Waals surface area contributed by atoms with Crippen LogP contribution in [0.3, 0.4) is 0 Å². The van der Waals surface area contributed by atoms with Gasteiger partial charge in [0.1, 0.15) is 0 Å². The average Bonchev–Trinajstić information content (AvgIpc) is 3.21. The molecule has 5 nitrogen and oxygen atoms in total. The molecule has 2 aromatic carbocycles. The Bertz CT molecular complexity index is 1190. The Morgan fingerprint density at radius 1 is 1.09 bits per heavy atom. The minimum atomic E-state index is -4.38. The van der Waals surface area contributed by atoms with E-state index in [9.17, 15) is 13.2 Å². The van der Waals surface area contributed by atoms with E-state index in [2.05, 4.69) is 50.6 Å². The molecule has 0 spiro atoms. The molecule has 2 aliphatic heterocycles. The molecular formula is C26H30F3N5. The first-order valence-corrected chi connectivity index (χ1v) is 11.8. The summed E-state index contributed by atoms with van der Waals surface area (Å²) in [6.45, 7) is 7.78. The van der Waals surface area contributed by atoms with Crippen LogP contribution < -0.4 is 10.2 Å². The maximum atomic E-state index is 13.4. The lowest BCUT2D eigenvalue weighted by Crippen LogP contribution is -2.37. The van der Waals surface area contributed by atoms with Gasteiger partial charge in [-0.3, -0.25) is 0 Å². The van der Waals surface area contributed by atoms with Crippen molar-refractivity contribution in [2.45, 2.75) is 32.5 Å². The Morgan fingerprint density at radius 2 is 1.88 bits per heavy atom. The van der Waals surface area contributed by atoms with E-state index in [-0.39, 0.29) is 11.6 Å². The summed E-state index contributed by atoms with van der Waals surface area (Å²) in [7, 11) is 2.19. The van der Waals surface area contributed by atoms with E-state index < -0.39 is 11.7 Å². The highest BCUT2D eigenvalue weighted by atomic mass is 19.4. The highest BCUT2D eigenvalue weighted by Gasteiger charge is 2.36. The standard InChI is InChI=1S/C26H30F3N5/c1-16-22(5-4-6-24(16)26(27,28)29)17(2)31-25-23-11-21(8-7-18(23)12-30-32-25)34-14-19-9-10-33(3)13-20(19)15-34/h4-8,11-12,17,19-20H,9-10,13-15H2,1-3H3,(H,31,32)/t17-,19?,20?/m1/s1. The van der Waals surface area contributed by atoms with Crippen molar-refractivity contribution in [2.24, 2.45) is 11.8 Å². The van der Waals surface area contributed by atoms with E-state index in [1.54, 1.807) is 12.3 Å². The summed E-state index contributed by atoms with van der Waals surface area (Å²) in [5, 5.41) is 13.6.